The third kappa shape index (κ3) is 6.69. The molecular formula is C15H24N2O4. The molecule has 0 aromatic carbocycles. The van der Waals surface area contributed by atoms with Gasteiger partial charge in [0.05, 0.1) is 6.10 Å². The van der Waals surface area contributed by atoms with E-state index in [0.717, 1.165) is 25.7 Å². The van der Waals surface area contributed by atoms with Crippen molar-refractivity contribution < 1.29 is 19.5 Å². The molecule has 0 aromatic rings. The molecule has 0 amide bonds. The molecule has 1 aliphatic carbocycles. The van der Waals surface area contributed by atoms with E-state index >= 15 is 0 Å². The number of aliphatic carboxylic acids is 1. The largest absolute Gasteiger partial charge is 0.480 e. The predicted octanol–water partition coefficient (Wildman–Crippen LogP) is 1.35. The zero-order valence-electron chi connectivity index (χ0n) is 12.2. The molecule has 6 nitrogen and oxygen atoms in total. The number of carbonyl (C=O) groups is 1. The van der Waals surface area contributed by atoms with Crippen molar-refractivity contribution in [1.29, 1.82) is 0 Å². The van der Waals surface area contributed by atoms with Crippen molar-refractivity contribution >= 4 is 11.9 Å². The Hall–Kier alpha value is -1.46. The molecule has 4 N–H and O–H groups in total. The van der Waals surface area contributed by atoms with Gasteiger partial charge in [-0.15, -0.1) is 0 Å². The molecule has 21 heavy (non-hydrogen) atoms. The van der Waals surface area contributed by atoms with Crippen molar-refractivity contribution in [3.8, 4) is 0 Å². The molecular weight excluding hydrogens is 272 g/mol. The van der Waals surface area contributed by atoms with Gasteiger partial charge in [-0.1, -0.05) is 25.0 Å². The van der Waals surface area contributed by atoms with E-state index in [2.05, 4.69) is 5.48 Å². The predicted molar refractivity (Wildman–Crippen MR) is 79.2 cm³/mol. The molecule has 0 fully saturated rings. The highest BCUT2D eigenvalue weighted by Gasteiger charge is 2.24. The number of rotatable bonds is 8. The van der Waals surface area contributed by atoms with Crippen LogP contribution in [0.15, 0.2) is 17.7 Å². The summed E-state index contributed by atoms with van der Waals surface area (Å²) in [5.74, 6) is 0.546. The lowest BCUT2D eigenvalue weighted by atomic mass is 10.0. The zero-order chi connectivity index (χ0) is 15.5. The summed E-state index contributed by atoms with van der Waals surface area (Å²) < 4.78 is 0. The van der Waals surface area contributed by atoms with E-state index in [1.54, 1.807) is 5.94 Å². The van der Waals surface area contributed by atoms with Gasteiger partial charge in [0, 0.05) is 5.57 Å². The quantitative estimate of drug-likeness (QED) is 0.355. The van der Waals surface area contributed by atoms with E-state index in [1.807, 2.05) is 12.2 Å². The summed E-state index contributed by atoms with van der Waals surface area (Å²) in [4.78, 5) is 27.7. The van der Waals surface area contributed by atoms with Crippen LogP contribution in [0.25, 0.3) is 0 Å². The minimum atomic E-state index is -1.17. The average Bonchev–Trinajstić information content (AvgIpc) is 2.43. The van der Waals surface area contributed by atoms with Gasteiger partial charge in [-0.05, 0) is 38.6 Å². The monoisotopic (exact) mass is 296 g/mol. The molecule has 0 radical (unpaired) electrons. The smallest absolute Gasteiger partial charge is 0.328 e. The van der Waals surface area contributed by atoms with Gasteiger partial charge >= 0.3 is 5.97 Å². The van der Waals surface area contributed by atoms with Gasteiger partial charge < -0.3 is 10.8 Å². The minimum absolute atomic E-state index is 0.128. The van der Waals surface area contributed by atoms with Gasteiger partial charge in [-0.3, -0.25) is 9.63 Å². The van der Waals surface area contributed by atoms with Gasteiger partial charge in [0.2, 0.25) is 0 Å². The normalized spacial score (nSPS) is 21.7. The Labute approximate surface area is 125 Å². The van der Waals surface area contributed by atoms with Crippen LogP contribution in [0, 0.1) is 0 Å². The molecule has 2 atom stereocenters. The van der Waals surface area contributed by atoms with Gasteiger partial charge in [0.1, 0.15) is 5.94 Å². The summed E-state index contributed by atoms with van der Waals surface area (Å²) >= 11 is 0. The second-order valence-electron chi connectivity index (χ2n) is 5.13. The molecule has 2 unspecified atom stereocenters. The lowest BCUT2D eigenvalue weighted by Crippen LogP contribution is -2.40. The third-order valence-corrected chi connectivity index (χ3v) is 3.42. The summed E-state index contributed by atoms with van der Waals surface area (Å²) in [6.45, 7) is 0.393. The number of carboxylic acid groups (broad SMARTS) is 1. The summed E-state index contributed by atoms with van der Waals surface area (Å²) in [5, 5.41) is 9.21. The molecule has 0 saturated carbocycles. The van der Waals surface area contributed by atoms with E-state index in [1.165, 1.54) is 6.42 Å². The van der Waals surface area contributed by atoms with Crippen LogP contribution in [0.4, 0.5) is 0 Å². The Kier molecular flexibility index (Phi) is 8.62. The van der Waals surface area contributed by atoms with Crippen molar-refractivity contribution in [1.82, 2.24) is 5.48 Å². The first-order chi connectivity index (χ1) is 10.2. The van der Waals surface area contributed by atoms with Crippen molar-refractivity contribution in [2.75, 3.05) is 6.54 Å². The highest BCUT2D eigenvalue weighted by Crippen LogP contribution is 2.14. The molecule has 0 heterocycles. The van der Waals surface area contributed by atoms with E-state index in [4.69, 9.17) is 10.6 Å². The van der Waals surface area contributed by atoms with E-state index in [-0.39, 0.29) is 11.7 Å². The number of hydrogen-bond donors (Lipinski definition) is 3. The summed E-state index contributed by atoms with van der Waals surface area (Å²) in [6, 6.07) is -1.17. The molecule has 0 saturated heterocycles. The Bertz CT molecular complexity index is 402. The number of hydroxylamine groups is 1. The van der Waals surface area contributed by atoms with Gasteiger partial charge in [0.15, 0.2) is 6.04 Å². The van der Waals surface area contributed by atoms with Crippen molar-refractivity contribution in [3.63, 3.8) is 0 Å². The summed E-state index contributed by atoms with van der Waals surface area (Å²) in [5.41, 5.74) is 8.01. The number of carbonyl (C=O) groups excluding carboxylic acids is 1. The highest BCUT2D eigenvalue weighted by molar-refractivity contribution is 5.81. The van der Waals surface area contributed by atoms with Crippen molar-refractivity contribution in [2.45, 2.75) is 57.1 Å². The number of nitrogens with two attached hydrogens (primary N) is 1. The van der Waals surface area contributed by atoms with Crippen LogP contribution in [0.5, 0.6) is 0 Å². The second kappa shape index (κ2) is 10.3. The zero-order valence-corrected chi connectivity index (χ0v) is 12.2. The van der Waals surface area contributed by atoms with E-state index in [0.29, 0.717) is 19.4 Å². The standard InChI is InChI=1S/C15H24N2O4/c16-10-6-7-12(11-18)14(15(19)20)17-21-13-8-4-2-1-3-5-9-13/h4,8,13-14,17H,1-3,5-7,9-10,16H2,(H,19,20)/b8-4+. The van der Waals surface area contributed by atoms with Crippen LogP contribution in [0.3, 0.4) is 0 Å². The van der Waals surface area contributed by atoms with E-state index < -0.39 is 12.0 Å². The fourth-order valence-electron chi connectivity index (χ4n) is 2.20. The Balaban J connectivity index is 2.59. The Morgan fingerprint density at radius 3 is 2.95 bits per heavy atom. The number of carboxylic acids is 1. The minimum Gasteiger partial charge on any atom is -0.480 e. The first kappa shape index (κ1) is 17.6. The number of nitrogens with one attached hydrogen (secondary N) is 1. The van der Waals surface area contributed by atoms with Crippen LogP contribution < -0.4 is 11.2 Å². The molecule has 1 rings (SSSR count). The van der Waals surface area contributed by atoms with Crippen LogP contribution >= 0.6 is 0 Å². The Morgan fingerprint density at radius 1 is 1.48 bits per heavy atom. The fraction of sp³-hybridized carbons (Fsp3) is 0.667. The maximum atomic E-state index is 11.3. The van der Waals surface area contributed by atoms with Crippen LogP contribution in [-0.4, -0.2) is 35.7 Å². The highest BCUT2D eigenvalue weighted by atomic mass is 16.7. The number of allylic oxidation sites excluding steroid dienone is 1. The topological polar surface area (TPSA) is 102 Å². The summed E-state index contributed by atoms with van der Waals surface area (Å²) in [7, 11) is 0. The average molecular weight is 296 g/mol. The maximum Gasteiger partial charge on any atom is 0.328 e. The second-order valence-corrected chi connectivity index (χ2v) is 5.13. The lowest BCUT2D eigenvalue weighted by molar-refractivity contribution is -0.143. The van der Waals surface area contributed by atoms with Crippen LogP contribution in [0.1, 0.15) is 44.9 Å². The van der Waals surface area contributed by atoms with Gasteiger partial charge in [-0.2, -0.15) is 5.48 Å². The van der Waals surface area contributed by atoms with Crippen LogP contribution in [-0.2, 0) is 14.4 Å². The number of hydrogen-bond acceptors (Lipinski definition) is 5. The van der Waals surface area contributed by atoms with Gasteiger partial charge in [0.25, 0.3) is 0 Å². The van der Waals surface area contributed by atoms with Gasteiger partial charge in [-0.25, -0.2) is 4.79 Å². The first-order valence-corrected chi connectivity index (χ1v) is 7.43. The first-order valence-electron chi connectivity index (χ1n) is 7.43. The molecule has 6 heteroatoms. The van der Waals surface area contributed by atoms with E-state index in [9.17, 15) is 14.7 Å². The summed E-state index contributed by atoms with van der Waals surface area (Å²) in [6.07, 6.45) is 9.85. The molecule has 0 aromatic heterocycles. The third-order valence-electron chi connectivity index (χ3n) is 3.42. The fourth-order valence-corrected chi connectivity index (χ4v) is 2.20. The molecule has 1 aliphatic rings. The Morgan fingerprint density at radius 2 is 2.29 bits per heavy atom. The molecule has 0 aliphatic heterocycles. The van der Waals surface area contributed by atoms with Crippen molar-refractivity contribution in [3.05, 3.63) is 17.7 Å². The molecule has 0 spiro atoms. The SMILES string of the molecule is NCCCC(=C=O)C(NOC1/C=C/CCCCC1)C(=O)O. The maximum absolute atomic E-state index is 11.3. The molecule has 0 bridgehead atoms. The van der Waals surface area contributed by atoms with Crippen LogP contribution in [0.2, 0.25) is 0 Å². The molecule has 118 valence electrons. The van der Waals surface area contributed by atoms with Crippen molar-refractivity contribution in [2.24, 2.45) is 5.73 Å². The lowest BCUT2D eigenvalue weighted by Gasteiger charge is -2.20.